The summed E-state index contributed by atoms with van der Waals surface area (Å²) >= 11 is 0. The molecule has 140 valence electrons. The van der Waals surface area contributed by atoms with Gasteiger partial charge in [-0.25, -0.2) is 9.59 Å². The number of benzene rings is 1. The number of furan rings is 1. The monoisotopic (exact) mass is 362 g/mol. The van der Waals surface area contributed by atoms with E-state index in [0.29, 0.717) is 11.1 Å². The Morgan fingerprint density at radius 1 is 1.15 bits per heavy atom. The van der Waals surface area contributed by atoms with Crippen molar-refractivity contribution in [1.29, 1.82) is 0 Å². The first-order valence-electron chi connectivity index (χ1n) is 8.15. The van der Waals surface area contributed by atoms with Gasteiger partial charge in [-0.1, -0.05) is 18.2 Å². The number of nitrogens with one attached hydrogen (secondary N) is 2. The number of hydrogen-bond acceptors (Lipinski definition) is 6. The quantitative estimate of drug-likeness (QED) is 0.764. The van der Waals surface area contributed by atoms with Gasteiger partial charge >= 0.3 is 12.0 Å². The average Bonchev–Trinajstić information content (AvgIpc) is 2.93. The standard InChI is InChI=1S/C18H22N2O6/c1-10(2)19-18(23)20-16(21)11(3)25-17(22)15-13(9-24-4)12-7-5-6-8-14(12)26-15/h5-8,10-11H,9H2,1-4H3,(H2,19,20,21,23)/t11-/m0/s1. The smallest absolute Gasteiger partial charge is 0.375 e. The van der Waals surface area contributed by atoms with Crippen molar-refractivity contribution < 1.29 is 28.3 Å². The Balaban J connectivity index is 2.11. The lowest BCUT2D eigenvalue weighted by molar-refractivity contribution is -0.128. The molecule has 0 saturated heterocycles. The molecule has 0 radical (unpaired) electrons. The molecule has 1 aromatic heterocycles. The van der Waals surface area contributed by atoms with Gasteiger partial charge < -0.3 is 19.2 Å². The van der Waals surface area contributed by atoms with Crippen molar-refractivity contribution >= 4 is 28.9 Å². The van der Waals surface area contributed by atoms with E-state index in [1.807, 2.05) is 6.07 Å². The number of para-hydroxylation sites is 1. The van der Waals surface area contributed by atoms with E-state index in [0.717, 1.165) is 5.39 Å². The molecule has 2 aromatic rings. The first-order chi connectivity index (χ1) is 12.3. The molecule has 0 aliphatic carbocycles. The van der Waals surface area contributed by atoms with Crippen molar-refractivity contribution in [3.63, 3.8) is 0 Å². The first-order valence-corrected chi connectivity index (χ1v) is 8.15. The Hall–Kier alpha value is -2.87. The number of methoxy groups -OCH3 is 1. The third-order valence-corrected chi connectivity index (χ3v) is 3.48. The lowest BCUT2D eigenvalue weighted by atomic mass is 10.1. The largest absolute Gasteiger partial charge is 0.449 e. The predicted octanol–water partition coefficient (Wildman–Crippen LogP) is 2.36. The maximum atomic E-state index is 12.4. The highest BCUT2D eigenvalue weighted by molar-refractivity contribution is 6.00. The van der Waals surface area contributed by atoms with Crippen molar-refractivity contribution in [2.75, 3.05) is 7.11 Å². The van der Waals surface area contributed by atoms with Gasteiger partial charge in [0.15, 0.2) is 6.10 Å². The zero-order valence-electron chi connectivity index (χ0n) is 15.1. The second-order valence-electron chi connectivity index (χ2n) is 6.00. The molecule has 1 atom stereocenters. The molecule has 0 aliphatic rings. The number of esters is 1. The van der Waals surface area contributed by atoms with E-state index in [4.69, 9.17) is 13.9 Å². The summed E-state index contributed by atoms with van der Waals surface area (Å²) in [7, 11) is 1.50. The highest BCUT2D eigenvalue weighted by Crippen LogP contribution is 2.27. The topological polar surface area (TPSA) is 107 Å². The van der Waals surface area contributed by atoms with Crippen LogP contribution in [0.3, 0.4) is 0 Å². The number of amides is 3. The molecule has 0 fully saturated rings. The second-order valence-corrected chi connectivity index (χ2v) is 6.00. The molecule has 0 saturated carbocycles. The summed E-state index contributed by atoms with van der Waals surface area (Å²) in [5.41, 5.74) is 1.05. The number of carbonyl (C=O) groups excluding carboxylic acids is 3. The minimum absolute atomic E-state index is 0.0284. The van der Waals surface area contributed by atoms with E-state index in [1.165, 1.54) is 14.0 Å². The Labute approximate surface area is 150 Å². The summed E-state index contributed by atoms with van der Waals surface area (Å²) in [4.78, 5) is 36.0. The van der Waals surface area contributed by atoms with E-state index in [9.17, 15) is 14.4 Å². The Kier molecular flexibility index (Phi) is 6.35. The fourth-order valence-electron chi connectivity index (χ4n) is 2.33. The Morgan fingerprint density at radius 3 is 2.50 bits per heavy atom. The summed E-state index contributed by atoms with van der Waals surface area (Å²) in [5.74, 6) is -1.57. The van der Waals surface area contributed by atoms with Gasteiger partial charge in [0.25, 0.3) is 5.91 Å². The Bertz CT molecular complexity index is 811. The molecule has 8 heteroatoms. The Morgan fingerprint density at radius 2 is 1.85 bits per heavy atom. The normalized spacial score (nSPS) is 12.0. The maximum Gasteiger partial charge on any atom is 0.375 e. The minimum Gasteiger partial charge on any atom is -0.449 e. The van der Waals surface area contributed by atoms with Crippen molar-refractivity contribution in [3.05, 3.63) is 35.6 Å². The number of imide groups is 1. The molecule has 1 aromatic carbocycles. The number of hydrogen-bond donors (Lipinski definition) is 2. The predicted molar refractivity (Wildman–Crippen MR) is 93.6 cm³/mol. The fourth-order valence-corrected chi connectivity index (χ4v) is 2.33. The molecule has 26 heavy (non-hydrogen) atoms. The van der Waals surface area contributed by atoms with E-state index in [1.54, 1.807) is 32.0 Å². The van der Waals surface area contributed by atoms with Crippen LogP contribution in [0, 0.1) is 0 Å². The summed E-state index contributed by atoms with van der Waals surface area (Å²) in [6, 6.07) is 6.33. The van der Waals surface area contributed by atoms with E-state index >= 15 is 0 Å². The summed E-state index contributed by atoms with van der Waals surface area (Å²) in [6.45, 7) is 5.03. The summed E-state index contributed by atoms with van der Waals surface area (Å²) in [5, 5.41) is 5.35. The molecule has 2 N–H and O–H groups in total. The van der Waals surface area contributed by atoms with E-state index in [2.05, 4.69) is 10.6 Å². The van der Waals surface area contributed by atoms with Crippen molar-refractivity contribution in [3.8, 4) is 0 Å². The second kappa shape index (κ2) is 8.48. The van der Waals surface area contributed by atoms with Crippen LogP contribution in [0.4, 0.5) is 4.79 Å². The molecule has 2 rings (SSSR count). The van der Waals surface area contributed by atoms with Crippen molar-refractivity contribution in [1.82, 2.24) is 10.6 Å². The zero-order chi connectivity index (χ0) is 19.3. The maximum absolute atomic E-state index is 12.4. The number of urea groups is 1. The van der Waals surface area contributed by atoms with Gasteiger partial charge in [-0.2, -0.15) is 0 Å². The summed E-state index contributed by atoms with van der Waals surface area (Å²) in [6.07, 6.45) is -1.18. The molecule has 0 unspecified atom stereocenters. The molecule has 0 bridgehead atoms. The number of rotatable bonds is 6. The van der Waals surface area contributed by atoms with E-state index in [-0.39, 0.29) is 18.4 Å². The van der Waals surface area contributed by atoms with Crippen molar-refractivity contribution in [2.24, 2.45) is 0 Å². The summed E-state index contributed by atoms with van der Waals surface area (Å²) < 4.78 is 15.8. The van der Waals surface area contributed by atoms with Crippen LogP contribution in [0.2, 0.25) is 0 Å². The van der Waals surface area contributed by atoms with Gasteiger partial charge in [0.1, 0.15) is 5.58 Å². The first kappa shape index (κ1) is 19.5. The fraction of sp³-hybridized carbons (Fsp3) is 0.389. The molecule has 3 amide bonds. The van der Waals surface area contributed by atoms with Gasteiger partial charge in [-0.3, -0.25) is 10.1 Å². The highest BCUT2D eigenvalue weighted by atomic mass is 16.6. The highest BCUT2D eigenvalue weighted by Gasteiger charge is 2.26. The lowest BCUT2D eigenvalue weighted by Crippen LogP contribution is -2.46. The van der Waals surface area contributed by atoms with E-state index < -0.39 is 24.0 Å². The minimum atomic E-state index is -1.18. The van der Waals surface area contributed by atoms with Crippen LogP contribution in [-0.4, -0.2) is 37.2 Å². The molecular weight excluding hydrogens is 340 g/mol. The average molecular weight is 362 g/mol. The lowest BCUT2D eigenvalue weighted by Gasteiger charge is -2.14. The van der Waals surface area contributed by atoms with Gasteiger partial charge in [0.2, 0.25) is 5.76 Å². The van der Waals surface area contributed by atoms with Gasteiger partial charge in [-0.05, 0) is 26.8 Å². The molecule has 0 spiro atoms. The number of carbonyl (C=O) groups is 3. The van der Waals surface area contributed by atoms with Crippen LogP contribution in [0.15, 0.2) is 28.7 Å². The number of fused-ring (bicyclic) bond motifs is 1. The SMILES string of the molecule is COCc1c(C(=O)O[C@@H](C)C(=O)NC(=O)NC(C)C)oc2ccccc12. The number of ether oxygens (including phenoxy) is 2. The molecule has 8 nitrogen and oxygen atoms in total. The van der Waals surface area contributed by atoms with Crippen LogP contribution in [0.1, 0.15) is 36.9 Å². The van der Waals surface area contributed by atoms with Gasteiger partial charge in [0.05, 0.1) is 6.61 Å². The van der Waals surface area contributed by atoms with Crippen LogP contribution >= 0.6 is 0 Å². The molecule has 1 heterocycles. The third-order valence-electron chi connectivity index (χ3n) is 3.48. The van der Waals surface area contributed by atoms with Gasteiger partial charge in [-0.15, -0.1) is 0 Å². The van der Waals surface area contributed by atoms with Crippen LogP contribution in [-0.2, 0) is 20.9 Å². The zero-order valence-corrected chi connectivity index (χ0v) is 15.1. The molecule has 0 aliphatic heterocycles. The molecular formula is C18H22N2O6. The van der Waals surface area contributed by atoms with Crippen molar-refractivity contribution in [2.45, 2.75) is 39.5 Å². The van der Waals surface area contributed by atoms with Crippen LogP contribution in [0.25, 0.3) is 11.0 Å². The third kappa shape index (κ3) is 4.60. The van der Waals surface area contributed by atoms with Crippen LogP contribution < -0.4 is 10.6 Å². The van der Waals surface area contributed by atoms with Gasteiger partial charge in [0, 0.05) is 24.1 Å². The van der Waals surface area contributed by atoms with Crippen LogP contribution in [0.5, 0.6) is 0 Å².